The molecule has 0 saturated heterocycles. The van der Waals surface area contributed by atoms with E-state index in [9.17, 15) is 4.79 Å². The van der Waals surface area contributed by atoms with E-state index in [4.69, 9.17) is 9.84 Å². The summed E-state index contributed by atoms with van der Waals surface area (Å²) in [5, 5.41) is 9.49. The van der Waals surface area contributed by atoms with Gasteiger partial charge < -0.3 is 9.84 Å². The smallest absolute Gasteiger partial charge is 0.329 e. The molecule has 1 heterocycles. The topological polar surface area (TPSA) is 59.4 Å². The molecule has 1 aromatic carbocycles. The number of para-hydroxylation sites is 1. The number of rotatable bonds is 4. The number of hydrogen-bond acceptors (Lipinski definition) is 3. The zero-order chi connectivity index (χ0) is 11.4. The molecule has 0 bridgehead atoms. The largest absolute Gasteiger partial charge is 0.480 e. The SMILES string of the molecule is O=C(O)COCc1cccc2cccnc12. The van der Waals surface area contributed by atoms with Crippen molar-refractivity contribution in [2.45, 2.75) is 6.61 Å². The summed E-state index contributed by atoms with van der Waals surface area (Å²) < 4.78 is 5.05. The van der Waals surface area contributed by atoms with Crippen molar-refractivity contribution in [1.29, 1.82) is 0 Å². The Kier molecular flexibility index (Phi) is 3.12. The van der Waals surface area contributed by atoms with Gasteiger partial charge in [0.1, 0.15) is 6.61 Å². The normalized spacial score (nSPS) is 10.5. The molecule has 0 fully saturated rings. The highest BCUT2D eigenvalue weighted by atomic mass is 16.5. The maximum absolute atomic E-state index is 10.3. The van der Waals surface area contributed by atoms with Gasteiger partial charge >= 0.3 is 5.97 Å². The second kappa shape index (κ2) is 4.72. The Hall–Kier alpha value is -1.94. The third-order valence-corrected chi connectivity index (χ3v) is 2.20. The predicted octanol–water partition coefficient (Wildman–Crippen LogP) is 1.84. The fraction of sp³-hybridized carbons (Fsp3) is 0.167. The summed E-state index contributed by atoms with van der Waals surface area (Å²) >= 11 is 0. The molecule has 0 radical (unpaired) electrons. The lowest BCUT2D eigenvalue weighted by atomic mass is 10.1. The molecule has 0 saturated carbocycles. The van der Waals surface area contributed by atoms with Crippen molar-refractivity contribution in [3.05, 3.63) is 42.1 Å². The third kappa shape index (κ3) is 2.35. The summed E-state index contributed by atoms with van der Waals surface area (Å²) in [7, 11) is 0. The molecule has 0 unspecified atom stereocenters. The van der Waals surface area contributed by atoms with Gasteiger partial charge in [0.2, 0.25) is 0 Å². The van der Waals surface area contributed by atoms with Gasteiger partial charge in [-0.05, 0) is 6.07 Å². The van der Waals surface area contributed by atoms with Gasteiger partial charge in [-0.1, -0.05) is 24.3 Å². The number of ether oxygens (including phenoxy) is 1. The van der Waals surface area contributed by atoms with Crippen LogP contribution in [0.25, 0.3) is 10.9 Å². The summed E-state index contributed by atoms with van der Waals surface area (Å²) in [5.41, 5.74) is 1.76. The first-order valence-corrected chi connectivity index (χ1v) is 4.89. The van der Waals surface area contributed by atoms with Crippen LogP contribution in [-0.2, 0) is 16.1 Å². The number of carboxylic acid groups (broad SMARTS) is 1. The first kappa shape index (κ1) is 10.6. The summed E-state index contributed by atoms with van der Waals surface area (Å²) in [4.78, 5) is 14.6. The molecule has 2 rings (SSSR count). The minimum atomic E-state index is -0.965. The second-order valence-electron chi connectivity index (χ2n) is 3.38. The van der Waals surface area contributed by atoms with E-state index in [-0.39, 0.29) is 13.2 Å². The Balaban J connectivity index is 2.20. The average Bonchev–Trinajstić information content (AvgIpc) is 2.29. The van der Waals surface area contributed by atoms with Gasteiger partial charge in [0.25, 0.3) is 0 Å². The lowest BCUT2D eigenvalue weighted by molar-refractivity contribution is -0.142. The zero-order valence-electron chi connectivity index (χ0n) is 8.59. The van der Waals surface area contributed by atoms with Crippen LogP contribution in [0, 0.1) is 0 Å². The van der Waals surface area contributed by atoms with Crippen LogP contribution >= 0.6 is 0 Å². The average molecular weight is 217 g/mol. The first-order valence-electron chi connectivity index (χ1n) is 4.89. The van der Waals surface area contributed by atoms with Crippen LogP contribution in [0.5, 0.6) is 0 Å². The Morgan fingerprint density at radius 2 is 2.12 bits per heavy atom. The molecule has 0 amide bonds. The first-order chi connectivity index (χ1) is 7.77. The van der Waals surface area contributed by atoms with Crippen LogP contribution in [0.4, 0.5) is 0 Å². The molecule has 4 heteroatoms. The Bertz CT molecular complexity index is 505. The fourth-order valence-electron chi connectivity index (χ4n) is 1.53. The van der Waals surface area contributed by atoms with E-state index in [0.717, 1.165) is 16.5 Å². The number of benzene rings is 1. The van der Waals surface area contributed by atoms with Gasteiger partial charge in [-0.3, -0.25) is 4.98 Å². The number of carboxylic acids is 1. The summed E-state index contributed by atoms with van der Waals surface area (Å²) in [6, 6.07) is 9.58. The molecule has 0 aliphatic carbocycles. The number of carbonyl (C=O) groups is 1. The monoisotopic (exact) mass is 217 g/mol. The molecule has 0 aliphatic heterocycles. The van der Waals surface area contributed by atoms with E-state index in [1.807, 2.05) is 30.3 Å². The van der Waals surface area contributed by atoms with Crippen LogP contribution in [0.3, 0.4) is 0 Å². The van der Waals surface area contributed by atoms with Crippen molar-refractivity contribution in [2.24, 2.45) is 0 Å². The number of fused-ring (bicyclic) bond motifs is 1. The van der Waals surface area contributed by atoms with E-state index < -0.39 is 5.97 Å². The van der Waals surface area contributed by atoms with Gasteiger partial charge in [0.15, 0.2) is 0 Å². The lowest BCUT2D eigenvalue weighted by Gasteiger charge is -2.05. The molecule has 1 N–H and O–H groups in total. The molecule has 82 valence electrons. The van der Waals surface area contributed by atoms with Crippen molar-refractivity contribution in [1.82, 2.24) is 4.98 Å². The number of aromatic nitrogens is 1. The van der Waals surface area contributed by atoms with Gasteiger partial charge in [0.05, 0.1) is 12.1 Å². The van der Waals surface area contributed by atoms with Crippen molar-refractivity contribution < 1.29 is 14.6 Å². The van der Waals surface area contributed by atoms with Gasteiger partial charge in [-0.25, -0.2) is 4.79 Å². The Morgan fingerprint density at radius 3 is 2.94 bits per heavy atom. The quantitative estimate of drug-likeness (QED) is 0.848. The summed E-state index contributed by atoms with van der Waals surface area (Å²) in [6.07, 6.45) is 1.71. The van der Waals surface area contributed by atoms with E-state index in [2.05, 4.69) is 4.98 Å². The minimum Gasteiger partial charge on any atom is -0.480 e. The zero-order valence-corrected chi connectivity index (χ0v) is 8.59. The van der Waals surface area contributed by atoms with Crippen LogP contribution in [0.2, 0.25) is 0 Å². The van der Waals surface area contributed by atoms with Crippen molar-refractivity contribution >= 4 is 16.9 Å². The minimum absolute atomic E-state index is 0.265. The molecule has 16 heavy (non-hydrogen) atoms. The van der Waals surface area contributed by atoms with Crippen LogP contribution in [0.1, 0.15) is 5.56 Å². The highest BCUT2D eigenvalue weighted by Gasteiger charge is 2.03. The predicted molar refractivity (Wildman–Crippen MR) is 59.0 cm³/mol. The molecule has 4 nitrogen and oxygen atoms in total. The molecule has 2 aromatic rings. The molecular weight excluding hydrogens is 206 g/mol. The fourth-order valence-corrected chi connectivity index (χ4v) is 1.53. The summed E-state index contributed by atoms with van der Waals surface area (Å²) in [6.45, 7) is -0.0239. The van der Waals surface area contributed by atoms with E-state index in [0.29, 0.717) is 0 Å². The molecular formula is C12H11NO3. The highest BCUT2D eigenvalue weighted by molar-refractivity contribution is 5.81. The van der Waals surface area contributed by atoms with Crippen LogP contribution in [0.15, 0.2) is 36.5 Å². The Morgan fingerprint density at radius 1 is 1.31 bits per heavy atom. The number of nitrogens with zero attached hydrogens (tertiary/aromatic N) is 1. The lowest BCUT2D eigenvalue weighted by Crippen LogP contribution is -2.06. The molecule has 0 atom stereocenters. The standard InChI is InChI=1S/C12H11NO3/c14-11(15)8-16-7-10-4-1-3-9-5-2-6-13-12(9)10/h1-6H,7-8H2,(H,14,15). The van der Waals surface area contributed by atoms with Gasteiger partial charge in [-0.15, -0.1) is 0 Å². The second-order valence-corrected chi connectivity index (χ2v) is 3.38. The Labute approximate surface area is 92.5 Å². The van der Waals surface area contributed by atoms with Gasteiger partial charge in [0, 0.05) is 17.1 Å². The maximum Gasteiger partial charge on any atom is 0.329 e. The van der Waals surface area contributed by atoms with Gasteiger partial charge in [-0.2, -0.15) is 0 Å². The molecule has 0 spiro atoms. The van der Waals surface area contributed by atoms with Crippen molar-refractivity contribution in [3.63, 3.8) is 0 Å². The van der Waals surface area contributed by atoms with E-state index in [1.165, 1.54) is 0 Å². The van der Waals surface area contributed by atoms with Crippen LogP contribution < -0.4 is 0 Å². The highest BCUT2D eigenvalue weighted by Crippen LogP contribution is 2.16. The third-order valence-electron chi connectivity index (χ3n) is 2.20. The van der Waals surface area contributed by atoms with Crippen LogP contribution in [-0.4, -0.2) is 22.7 Å². The van der Waals surface area contributed by atoms with E-state index in [1.54, 1.807) is 6.20 Å². The van der Waals surface area contributed by atoms with Crippen molar-refractivity contribution in [2.75, 3.05) is 6.61 Å². The van der Waals surface area contributed by atoms with Crippen molar-refractivity contribution in [3.8, 4) is 0 Å². The maximum atomic E-state index is 10.3. The number of hydrogen-bond donors (Lipinski definition) is 1. The summed E-state index contributed by atoms with van der Waals surface area (Å²) in [5.74, 6) is -0.965. The number of pyridine rings is 1. The molecule has 1 aromatic heterocycles. The number of aliphatic carboxylic acids is 1. The molecule has 0 aliphatic rings. The van der Waals surface area contributed by atoms with E-state index >= 15 is 0 Å².